The van der Waals surface area contributed by atoms with Crippen LogP contribution in [-0.4, -0.2) is 27.0 Å². The normalized spacial score (nSPS) is 17.0. The van der Waals surface area contributed by atoms with Gasteiger partial charge in [0.1, 0.15) is 15.6 Å². The number of sulfone groups is 1. The summed E-state index contributed by atoms with van der Waals surface area (Å²) in [6.07, 6.45) is 3.83. The molecule has 1 saturated carbocycles. The molecule has 0 atom stereocenters. The van der Waals surface area contributed by atoms with Crippen molar-refractivity contribution in [3.8, 4) is 5.75 Å². The summed E-state index contributed by atoms with van der Waals surface area (Å²) in [5.74, 6) is 0.879. The summed E-state index contributed by atoms with van der Waals surface area (Å²) >= 11 is 12.0. The Balaban J connectivity index is 2.10. The van der Waals surface area contributed by atoms with Gasteiger partial charge in [-0.05, 0) is 30.9 Å². The molecule has 0 radical (unpaired) electrons. The van der Waals surface area contributed by atoms with E-state index in [1.165, 1.54) is 6.26 Å². The van der Waals surface area contributed by atoms with Gasteiger partial charge in [0.25, 0.3) is 0 Å². The van der Waals surface area contributed by atoms with E-state index in [1.807, 2.05) is 6.92 Å². The number of hydrogen-bond donors (Lipinski definition) is 0. The highest BCUT2D eigenvalue weighted by Crippen LogP contribution is 2.47. The molecule has 0 heterocycles. The lowest BCUT2D eigenvalue weighted by Crippen LogP contribution is -2.23. The molecule has 6 heteroatoms. The average Bonchev–Trinajstić information content (AvgIpc) is 3.08. The summed E-state index contributed by atoms with van der Waals surface area (Å²) in [7, 11) is -2.98. The quantitative estimate of drug-likeness (QED) is 0.794. The van der Waals surface area contributed by atoms with E-state index < -0.39 is 9.84 Å². The van der Waals surface area contributed by atoms with Crippen LogP contribution in [0.15, 0.2) is 12.1 Å². The molecule has 0 amide bonds. The van der Waals surface area contributed by atoms with E-state index in [9.17, 15) is 8.42 Å². The van der Waals surface area contributed by atoms with E-state index in [2.05, 4.69) is 0 Å². The van der Waals surface area contributed by atoms with Crippen LogP contribution in [0.4, 0.5) is 0 Å². The minimum atomic E-state index is -2.98. The largest absolute Gasteiger partial charge is 0.493 e. The predicted octanol–water partition coefficient (Wildman–Crippen LogP) is 3.76. The molecular weight excluding hydrogens is 319 g/mol. The van der Waals surface area contributed by atoms with E-state index in [-0.39, 0.29) is 11.2 Å². The van der Waals surface area contributed by atoms with Crippen molar-refractivity contribution in [1.29, 1.82) is 0 Å². The van der Waals surface area contributed by atoms with E-state index in [1.54, 1.807) is 12.1 Å². The second-order valence-corrected chi connectivity index (χ2v) is 8.54. The van der Waals surface area contributed by atoms with Crippen LogP contribution < -0.4 is 4.74 Å². The third-order valence-electron chi connectivity index (χ3n) is 3.54. The highest BCUT2D eigenvalue weighted by atomic mass is 35.5. The maximum atomic E-state index is 11.4. The van der Waals surface area contributed by atoms with E-state index >= 15 is 0 Å². The molecule has 0 aromatic heterocycles. The van der Waals surface area contributed by atoms with Gasteiger partial charge in [-0.3, -0.25) is 0 Å². The third kappa shape index (κ3) is 4.03. The predicted molar refractivity (Wildman–Crippen MR) is 82.7 cm³/mol. The third-order valence-corrected chi connectivity index (χ3v) is 5.40. The SMILES string of the molecule is CCc1cc(Cl)c(Cl)cc1OCC1(CS(C)(=O)=O)CC1. The second kappa shape index (κ2) is 5.74. The summed E-state index contributed by atoms with van der Waals surface area (Å²) in [6.45, 7) is 2.42. The Hall–Kier alpha value is -0.450. The van der Waals surface area contributed by atoms with Crippen molar-refractivity contribution >= 4 is 33.0 Å². The molecule has 1 fully saturated rings. The number of benzene rings is 1. The van der Waals surface area contributed by atoms with Crippen LogP contribution in [0.25, 0.3) is 0 Å². The summed E-state index contributed by atoms with van der Waals surface area (Å²) in [5.41, 5.74) is 0.764. The highest BCUT2D eigenvalue weighted by molar-refractivity contribution is 7.90. The Morgan fingerprint density at radius 3 is 2.35 bits per heavy atom. The lowest BCUT2D eigenvalue weighted by atomic mass is 10.1. The van der Waals surface area contributed by atoms with Crippen molar-refractivity contribution in [2.24, 2.45) is 5.41 Å². The van der Waals surface area contributed by atoms with Crippen molar-refractivity contribution in [1.82, 2.24) is 0 Å². The standard InChI is InChI=1S/C14H18Cl2O3S/c1-3-10-6-11(15)12(16)7-13(10)19-8-14(4-5-14)9-20(2,17)18/h6-7H,3-5,8-9H2,1-2H3. The first-order valence-corrected chi connectivity index (χ1v) is 9.35. The Kier molecular flexibility index (Phi) is 4.57. The molecule has 112 valence electrons. The van der Waals surface area contributed by atoms with Crippen molar-refractivity contribution in [2.45, 2.75) is 26.2 Å². The van der Waals surface area contributed by atoms with Crippen LogP contribution in [-0.2, 0) is 16.3 Å². The first-order chi connectivity index (χ1) is 9.25. The summed E-state index contributed by atoms with van der Waals surface area (Å²) < 4.78 is 28.7. The maximum absolute atomic E-state index is 11.4. The van der Waals surface area contributed by atoms with E-state index in [0.717, 1.165) is 24.8 Å². The lowest BCUT2D eigenvalue weighted by molar-refractivity contribution is 0.247. The summed E-state index contributed by atoms with van der Waals surface area (Å²) in [4.78, 5) is 0. The summed E-state index contributed by atoms with van der Waals surface area (Å²) in [6, 6.07) is 3.51. The fraction of sp³-hybridized carbons (Fsp3) is 0.571. The number of rotatable bonds is 6. The van der Waals surface area contributed by atoms with Crippen molar-refractivity contribution < 1.29 is 13.2 Å². The maximum Gasteiger partial charge on any atom is 0.148 e. The van der Waals surface area contributed by atoms with Crippen molar-refractivity contribution in [3.05, 3.63) is 27.7 Å². The molecule has 2 rings (SSSR count). The van der Waals surface area contributed by atoms with E-state index in [4.69, 9.17) is 27.9 Å². The molecule has 1 aromatic carbocycles. The molecule has 1 aromatic rings. The number of halogens is 2. The second-order valence-electron chi connectivity index (χ2n) is 5.59. The van der Waals surface area contributed by atoms with Gasteiger partial charge in [0.15, 0.2) is 0 Å². The molecule has 1 aliphatic carbocycles. The van der Waals surface area contributed by atoms with Crippen molar-refractivity contribution in [3.63, 3.8) is 0 Å². The zero-order valence-electron chi connectivity index (χ0n) is 11.6. The number of aryl methyl sites for hydroxylation is 1. The summed E-state index contributed by atoms with van der Waals surface area (Å²) in [5, 5.41) is 0.958. The zero-order valence-corrected chi connectivity index (χ0v) is 13.9. The monoisotopic (exact) mass is 336 g/mol. The molecule has 0 spiro atoms. The fourth-order valence-corrected chi connectivity index (χ4v) is 4.10. The van der Waals surface area contributed by atoms with Crippen LogP contribution in [0, 0.1) is 5.41 Å². The number of ether oxygens (including phenoxy) is 1. The molecule has 0 saturated heterocycles. The van der Waals surface area contributed by atoms with Crippen molar-refractivity contribution in [2.75, 3.05) is 18.6 Å². The van der Waals surface area contributed by atoms with Gasteiger partial charge in [-0.2, -0.15) is 0 Å². The minimum Gasteiger partial charge on any atom is -0.493 e. The number of hydrogen-bond acceptors (Lipinski definition) is 3. The Bertz CT molecular complexity index is 607. The smallest absolute Gasteiger partial charge is 0.148 e. The molecule has 1 aliphatic rings. The zero-order chi connectivity index (χ0) is 15.0. The highest BCUT2D eigenvalue weighted by Gasteiger charge is 2.46. The first kappa shape index (κ1) is 15.9. The molecule has 0 aliphatic heterocycles. The van der Waals surface area contributed by atoms with Crippen LogP contribution in [0.5, 0.6) is 5.75 Å². The first-order valence-electron chi connectivity index (χ1n) is 6.53. The average molecular weight is 337 g/mol. The molecule has 0 N–H and O–H groups in total. The Labute approximate surface area is 130 Å². The van der Waals surface area contributed by atoms with Gasteiger partial charge >= 0.3 is 0 Å². The Morgan fingerprint density at radius 1 is 1.25 bits per heavy atom. The topological polar surface area (TPSA) is 43.4 Å². The van der Waals surface area contributed by atoms with Gasteiger partial charge in [-0.15, -0.1) is 0 Å². The van der Waals surface area contributed by atoms with Crippen LogP contribution >= 0.6 is 23.2 Å². The molecule has 0 unspecified atom stereocenters. The van der Waals surface area contributed by atoms with Crippen LogP contribution in [0.2, 0.25) is 10.0 Å². The van der Waals surface area contributed by atoms with Gasteiger partial charge in [0.05, 0.1) is 22.4 Å². The molecule has 0 bridgehead atoms. The van der Waals surface area contributed by atoms with E-state index in [0.29, 0.717) is 22.4 Å². The minimum absolute atomic E-state index is 0.183. The van der Waals surface area contributed by atoms with Gasteiger partial charge in [-0.25, -0.2) is 8.42 Å². The van der Waals surface area contributed by atoms with Gasteiger partial charge in [0, 0.05) is 17.7 Å². The molecule has 3 nitrogen and oxygen atoms in total. The molecule has 20 heavy (non-hydrogen) atoms. The van der Waals surface area contributed by atoms with Gasteiger partial charge in [-0.1, -0.05) is 30.1 Å². The van der Waals surface area contributed by atoms with Gasteiger partial charge in [0.2, 0.25) is 0 Å². The van der Waals surface area contributed by atoms with Gasteiger partial charge < -0.3 is 4.74 Å². The Morgan fingerprint density at radius 2 is 1.85 bits per heavy atom. The van der Waals surface area contributed by atoms with Crippen LogP contribution in [0.1, 0.15) is 25.3 Å². The molecular formula is C14H18Cl2O3S. The van der Waals surface area contributed by atoms with Crippen LogP contribution in [0.3, 0.4) is 0 Å². The lowest BCUT2D eigenvalue weighted by Gasteiger charge is -2.17. The fourth-order valence-electron chi connectivity index (χ4n) is 2.27.